The first-order valence-electron chi connectivity index (χ1n) is 4.94. The molecule has 1 aromatic rings. The van der Waals surface area contributed by atoms with Crippen molar-refractivity contribution in [1.29, 1.82) is 0 Å². The molecule has 0 bridgehead atoms. The predicted molar refractivity (Wildman–Crippen MR) is 67.8 cm³/mol. The molecule has 0 unspecified atom stereocenters. The fourth-order valence-electron chi connectivity index (χ4n) is 1.48. The monoisotopic (exact) mass is 290 g/mol. The number of hydrogen-bond donors (Lipinski definition) is 2. The summed E-state index contributed by atoms with van der Waals surface area (Å²) in [4.78, 5) is 22.6. The number of carboxylic acid groups (broad SMARTS) is 1. The lowest BCUT2D eigenvalue weighted by atomic mass is 10.1. The molecule has 1 aliphatic rings. The maximum atomic E-state index is 11.8. The summed E-state index contributed by atoms with van der Waals surface area (Å²) in [5.74, 6) is -1.94. The molecule has 0 aromatic heterocycles. The van der Waals surface area contributed by atoms with Crippen LogP contribution in [-0.4, -0.2) is 11.9 Å². The highest BCUT2D eigenvalue weighted by molar-refractivity contribution is 6.36. The molecule has 1 amide bonds. The number of hydrogen-bond acceptors (Lipinski definition) is 3. The molecule has 2 rings (SSSR count). The Balaban J connectivity index is 0.00000162. The Hall–Kier alpha value is -1.30. The lowest BCUT2D eigenvalue weighted by molar-refractivity contribution is -0.311. The van der Waals surface area contributed by atoms with Gasteiger partial charge in [0.25, 0.3) is 0 Å². The van der Waals surface area contributed by atoms with Crippen LogP contribution in [0.5, 0.6) is 0 Å². The molecule has 7 heteroatoms. The van der Waals surface area contributed by atoms with Gasteiger partial charge in [0.1, 0.15) is 0 Å². The number of rotatable bonds is 3. The fraction of sp³-hybridized carbons (Fsp3) is 0.273. The lowest BCUT2D eigenvalue weighted by Crippen LogP contribution is -2.41. The molecule has 0 saturated heterocycles. The Morgan fingerprint density at radius 1 is 1.28 bits per heavy atom. The Bertz CT molecular complexity index is 501. The van der Waals surface area contributed by atoms with E-state index in [0.29, 0.717) is 23.6 Å². The first-order valence-corrected chi connectivity index (χ1v) is 5.69. The average Bonchev–Trinajstić information content (AvgIpc) is 3.02. The molecule has 0 spiro atoms. The third-order valence-electron chi connectivity index (χ3n) is 2.75. The summed E-state index contributed by atoms with van der Waals surface area (Å²) in [6, 6.07) is 4.55. The molecule has 1 saturated carbocycles. The van der Waals surface area contributed by atoms with Crippen molar-refractivity contribution in [2.24, 2.45) is 5.41 Å². The number of anilines is 1. The van der Waals surface area contributed by atoms with E-state index in [1.54, 1.807) is 6.07 Å². The number of benzene rings is 1. The van der Waals surface area contributed by atoms with Gasteiger partial charge in [-0.2, -0.15) is 0 Å². The number of carbonyl (C=O) groups excluding carboxylic acids is 2. The third kappa shape index (κ3) is 2.58. The smallest absolute Gasteiger partial charge is 0.236 e. The van der Waals surface area contributed by atoms with Crippen LogP contribution < -0.4 is 16.6 Å². The van der Waals surface area contributed by atoms with Gasteiger partial charge in [-0.1, -0.05) is 23.2 Å². The van der Waals surface area contributed by atoms with E-state index in [1.807, 2.05) is 0 Å². The van der Waals surface area contributed by atoms with Crippen LogP contribution in [0.4, 0.5) is 5.69 Å². The highest BCUT2D eigenvalue weighted by Gasteiger charge is 2.51. The largest absolute Gasteiger partial charge is 0.549 e. The van der Waals surface area contributed by atoms with Crippen LogP contribution >= 0.6 is 23.2 Å². The summed E-state index contributed by atoms with van der Waals surface area (Å²) in [5.41, 5.74) is -1.04. The van der Waals surface area contributed by atoms with Gasteiger partial charge in [0.15, 0.2) is 0 Å². The maximum Gasteiger partial charge on any atom is 0.236 e. The number of halogens is 2. The van der Waals surface area contributed by atoms with Crippen LogP contribution in [0.2, 0.25) is 10.0 Å². The molecule has 18 heavy (non-hydrogen) atoms. The number of quaternary nitrogens is 1. The van der Waals surface area contributed by atoms with Gasteiger partial charge in [-0.3, -0.25) is 4.79 Å². The van der Waals surface area contributed by atoms with E-state index in [9.17, 15) is 14.7 Å². The van der Waals surface area contributed by atoms with Crippen LogP contribution in [-0.2, 0) is 9.59 Å². The molecule has 0 radical (unpaired) electrons. The predicted octanol–water partition coefficient (Wildman–Crippen LogP) is 1.84. The second kappa shape index (κ2) is 5.14. The van der Waals surface area contributed by atoms with E-state index < -0.39 is 17.3 Å². The Morgan fingerprint density at radius 3 is 2.33 bits per heavy atom. The zero-order valence-corrected chi connectivity index (χ0v) is 11.1. The van der Waals surface area contributed by atoms with Crippen LogP contribution in [0.15, 0.2) is 18.2 Å². The molecule has 5 N–H and O–H groups in total. The van der Waals surface area contributed by atoms with Crippen molar-refractivity contribution < 1.29 is 14.7 Å². The molecule has 5 nitrogen and oxygen atoms in total. The first kappa shape index (κ1) is 14.8. The number of amides is 1. The minimum absolute atomic E-state index is 0. The Morgan fingerprint density at radius 2 is 1.89 bits per heavy atom. The Kier molecular flexibility index (Phi) is 4.21. The van der Waals surface area contributed by atoms with E-state index in [1.165, 1.54) is 12.1 Å². The Labute approximate surface area is 114 Å². The van der Waals surface area contributed by atoms with E-state index in [0.717, 1.165) is 0 Å². The summed E-state index contributed by atoms with van der Waals surface area (Å²) in [5, 5.41) is 14.0. The highest BCUT2D eigenvalue weighted by atomic mass is 35.5. The molecule has 1 aromatic carbocycles. The van der Waals surface area contributed by atoms with Gasteiger partial charge in [-0.05, 0) is 31.0 Å². The average molecular weight is 291 g/mol. The zero-order chi connectivity index (χ0) is 12.6. The van der Waals surface area contributed by atoms with Gasteiger partial charge in [0.05, 0.1) is 22.1 Å². The van der Waals surface area contributed by atoms with Gasteiger partial charge < -0.3 is 21.4 Å². The van der Waals surface area contributed by atoms with Gasteiger partial charge in [0, 0.05) is 5.02 Å². The van der Waals surface area contributed by atoms with Crippen molar-refractivity contribution in [2.45, 2.75) is 12.8 Å². The van der Waals surface area contributed by atoms with Gasteiger partial charge in [0.2, 0.25) is 5.91 Å². The minimum atomic E-state index is -1.39. The van der Waals surface area contributed by atoms with Gasteiger partial charge in [-0.25, -0.2) is 0 Å². The second-order valence-electron chi connectivity index (χ2n) is 3.95. The first-order chi connectivity index (χ1) is 7.95. The summed E-state index contributed by atoms with van der Waals surface area (Å²) in [6.07, 6.45) is 0.596. The third-order valence-corrected chi connectivity index (χ3v) is 3.30. The van der Waals surface area contributed by atoms with E-state index in [2.05, 4.69) is 5.32 Å². The topological polar surface area (TPSA) is 106 Å². The number of nitrogens with one attached hydrogen (secondary N) is 1. The van der Waals surface area contributed by atoms with Crippen LogP contribution in [0.1, 0.15) is 12.8 Å². The molecular weight excluding hydrogens is 279 g/mol. The van der Waals surface area contributed by atoms with E-state index in [4.69, 9.17) is 23.2 Å². The number of carbonyl (C=O) groups is 2. The molecular formula is C11H12Cl2N2O3. The zero-order valence-electron chi connectivity index (χ0n) is 9.63. The van der Waals surface area contributed by atoms with Crippen LogP contribution in [0.3, 0.4) is 0 Å². The second-order valence-corrected chi connectivity index (χ2v) is 4.79. The van der Waals surface area contributed by atoms with E-state index >= 15 is 0 Å². The summed E-state index contributed by atoms with van der Waals surface area (Å²) in [7, 11) is 0. The SMILES string of the molecule is O=C([O-])C1(C(=O)Nc2ccc(Cl)cc2Cl)CC1.[NH4+]. The van der Waals surface area contributed by atoms with Gasteiger partial charge >= 0.3 is 0 Å². The minimum Gasteiger partial charge on any atom is -0.549 e. The van der Waals surface area contributed by atoms with Crippen molar-refractivity contribution in [3.05, 3.63) is 28.2 Å². The molecule has 0 heterocycles. The van der Waals surface area contributed by atoms with Crippen molar-refractivity contribution in [1.82, 2.24) is 6.15 Å². The highest BCUT2D eigenvalue weighted by Crippen LogP contribution is 2.46. The maximum absolute atomic E-state index is 11.8. The molecule has 0 aliphatic heterocycles. The molecule has 98 valence electrons. The summed E-state index contributed by atoms with van der Waals surface area (Å²) < 4.78 is 0. The van der Waals surface area contributed by atoms with Crippen molar-refractivity contribution in [3.8, 4) is 0 Å². The molecule has 0 atom stereocenters. The van der Waals surface area contributed by atoms with Crippen molar-refractivity contribution >= 4 is 40.8 Å². The van der Waals surface area contributed by atoms with Crippen LogP contribution in [0.25, 0.3) is 0 Å². The number of aliphatic carboxylic acids is 1. The van der Waals surface area contributed by atoms with Crippen molar-refractivity contribution in [3.63, 3.8) is 0 Å². The van der Waals surface area contributed by atoms with Crippen molar-refractivity contribution in [2.75, 3.05) is 5.32 Å². The summed E-state index contributed by atoms with van der Waals surface area (Å²) in [6.45, 7) is 0. The van der Waals surface area contributed by atoms with E-state index in [-0.39, 0.29) is 11.2 Å². The lowest BCUT2D eigenvalue weighted by Gasteiger charge is -2.16. The summed E-state index contributed by atoms with van der Waals surface area (Å²) >= 11 is 11.6. The standard InChI is InChI=1S/C11H9Cl2NO3.H3N/c12-6-1-2-8(7(13)5-6)14-9(15)11(3-4-11)10(16)17;/h1-2,5H,3-4H2,(H,14,15)(H,16,17);1H3. The van der Waals surface area contributed by atoms with Crippen LogP contribution in [0, 0.1) is 5.41 Å². The normalized spacial score (nSPS) is 15.4. The molecule has 1 fully saturated rings. The quantitative estimate of drug-likeness (QED) is 0.830. The number of carboxylic acids is 1. The fourth-order valence-corrected chi connectivity index (χ4v) is 1.94. The van der Waals surface area contributed by atoms with Gasteiger partial charge in [-0.15, -0.1) is 0 Å². The molecule has 1 aliphatic carbocycles.